The fourth-order valence-corrected chi connectivity index (χ4v) is 5.93. The third kappa shape index (κ3) is 13.5. The topological polar surface area (TPSA) is 32.8 Å². The summed E-state index contributed by atoms with van der Waals surface area (Å²) in [5.74, 6) is 1.77. The first-order chi connectivity index (χ1) is 19.6. The van der Waals surface area contributed by atoms with Crippen molar-refractivity contribution in [3.63, 3.8) is 0 Å². The number of halogens is 2. The van der Waals surface area contributed by atoms with E-state index < -0.39 is 0 Å². The number of ether oxygens (including phenoxy) is 1. The molecule has 228 valence electrons. The van der Waals surface area contributed by atoms with Crippen molar-refractivity contribution in [1.29, 1.82) is 0 Å². The van der Waals surface area contributed by atoms with Crippen LogP contribution in [0.15, 0.2) is 54.1 Å². The molecule has 0 N–H and O–H groups in total. The van der Waals surface area contributed by atoms with Gasteiger partial charge in [0.2, 0.25) is 5.91 Å². The quantitative estimate of drug-likeness (QED) is 0.132. The molecule has 0 saturated heterocycles. The third-order valence-electron chi connectivity index (χ3n) is 7.41. The van der Waals surface area contributed by atoms with E-state index in [2.05, 4.69) is 35.6 Å². The van der Waals surface area contributed by atoms with E-state index in [1.807, 2.05) is 42.2 Å². The number of rotatable bonds is 20. The molecule has 0 fully saturated rings. The first-order valence-corrected chi connectivity index (χ1v) is 16.9. The van der Waals surface area contributed by atoms with Crippen LogP contribution in [0, 0.1) is 0 Å². The molecule has 0 unspecified atom stereocenters. The van der Waals surface area contributed by atoms with Crippen molar-refractivity contribution in [3.8, 4) is 5.75 Å². The average molecular weight is 666 g/mol. The van der Waals surface area contributed by atoms with E-state index in [1.165, 1.54) is 76.2 Å². The van der Waals surface area contributed by atoms with Gasteiger partial charge in [0.05, 0.1) is 24.1 Å². The highest BCUT2D eigenvalue weighted by Gasteiger charge is 2.17. The monoisotopic (exact) mass is 664 g/mol. The van der Waals surface area contributed by atoms with Gasteiger partial charge >= 0.3 is 0 Å². The Morgan fingerprint density at radius 3 is 2.22 bits per heavy atom. The molecule has 41 heavy (non-hydrogen) atoms. The third-order valence-corrected chi connectivity index (χ3v) is 8.52. The van der Waals surface area contributed by atoms with Gasteiger partial charge in [-0.05, 0) is 47.2 Å². The molecular formula is C34H50BrClN2O2S. The van der Waals surface area contributed by atoms with E-state index in [1.54, 1.807) is 11.8 Å². The SMILES string of the molecule is Br.CCCCCCCCCCCCCCOc1cc(CN(C(=O)CC)c2cccc(CN3C=CSC3)c2)ccc1Cl. The molecule has 0 radical (unpaired) electrons. The van der Waals surface area contributed by atoms with Crippen LogP contribution in [0.1, 0.15) is 108 Å². The predicted octanol–water partition coefficient (Wildman–Crippen LogP) is 10.9. The van der Waals surface area contributed by atoms with Gasteiger partial charge in [0.15, 0.2) is 0 Å². The van der Waals surface area contributed by atoms with E-state index in [-0.39, 0.29) is 22.9 Å². The van der Waals surface area contributed by atoms with Crippen molar-refractivity contribution in [1.82, 2.24) is 4.90 Å². The Balaban J connectivity index is 0.00000588. The first-order valence-electron chi connectivity index (χ1n) is 15.4. The average Bonchev–Trinajstić information content (AvgIpc) is 3.48. The van der Waals surface area contributed by atoms with Crippen molar-refractivity contribution in [2.45, 2.75) is 110 Å². The van der Waals surface area contributed by atoms with E-state index in [4.69, 9.17) is 16.3 Å². The highest BCUT2D eigenvalue weighted by Crippen LogP contribution is 2.29. The lowest BCUT2D eigenvalue weighted by atomic mass is 10.1. The standard InChI is InChI=1S/C34H49ClN2O2S.BrH/c1-3-5-6-7-8-9-10-11-12-13-14-15-22-39-33-25-30(19-20-32(33)35)27-37(34(38)4-2)31-18-16-17-29(24-31)26-36-21-23-40-28-36;/h16-21,23-25H,3-15,22,26-28H2,1-2H3;1H. The van der Waals surface area contributed by atoms with Crippen LogP contribution in [0.2, 0.25) is 5.02 Å². The molecular weight excluding hydrogens is 616 g/mol. The summed E-state index contributed by atoms with van der Waals surface area (Å²) in [6.07, 6.45) is 18.4. The molecule has 0 saturated carbocycles. The van der Waals surface area contributed by atoms with Gasteiger partial charge in [-0.25, -0.2) is 0 Å². The van der Waals surface area contributed by atoms with Crippen molar-refractivity contribution in [3.05, 3.63) is 70.2 Å². The second-order valence-corrected chi connectivity index (χ2v) is 12.1. The zero-order valence-electron chi connectivity index (χ0n) is 25.1. The maximum absolute atomic E-state index is 13.0. The molecule has 2 aromatic carbocycles. The van der Waals surface area contributed by atoms with Gasteiger partial charge in [-0.2, -0.15) is 0 Å². The van der Waals surface area contributed by atoms with Crippen LogP contribution in [-0.4, -0.2) is 23.3 Å². The molecule has 0 atom stereocenters. The van der Waals surface area contributed by atoms with Gasteiger partial charge in [-0.1, -0.05) is 114 Å². The van der Waals surface area contributed by atoms with Crippen LogP contribution in [-0.2, 0) is 17.9 Å². The molecule has 4 nitrogen and oxygen atoms in total. The number of benzene rings is 2. The second-order valence-electron chi connectivity index (χ2n) is 10.8. The Morgan fingerprint density at radius 2 is 1.59 bits per heavy atom. The minimum absolute atomic E-state index is 0. The van der Waals surface area contributed by atoms with E-state index >= 15 is 0 Å². The number of carbonyl (C=O) groups is 1. The van der Waals surface area contributed by atoms with Gasteiger partial charge in [-0.3, -0.25) is 4.79 Å². The van der Waals surface area contributed by atoms with Crippen LogP contribution in [0.4, 0.5) is 5.69 Å². The predicted molar refractivity (Wildman–Crippen MR) is 183 cm³/mol. The normalized spacial score (nSPS) is 12.4. The Bertz CT molecular complexity index is 1050. The highest BCUT2D eigenvalue weighted by molar-refractivity contribution is 8.93. The number of hydrogen-bond acceptors (Lipinski definition) is 4. The Morgan fingerprint density at radius 1 is 0.902 bits per heavy atom. The van der Waals surface area contributed by atoms with E-state index in [0.717, 1.165) is 30.1 Å². The zero-order chi connectivity index (χ0) is 28.4. The Hall–Kier alpha value is -1.63. The van der Waals surface area contributed by atoms with Crippen molar-refractivity contribution in [2.24, 2.45) is 0 Å². The summed E-state index contributed by atoms with van der Waals surface area (Å²) >= 11 is 8.27. The molecule has 3 rings (SSSR count). The van der Waals surface area contributed by atoms with E-state index in [9.17, 15) is 4.79 Å². The fourth-order valence-electron chi connectivity index (χ4n) is 5.05. The van der Waals surface area contributed by atoms with Crippen LogP contribution >= 0.6 is 40.3 Å². The maximum Gasteiger partial charge on any atom is 0.227 e. The van der Waals surface area contributed by atoms with Crippen molar-refractivity contribution in [2.75, 3.05) is 17.4 Å². The number of carbonyl (C=O) groups excluding carboxylic acids is 1. The maximum atomic E-state index is 13.0. The summed E-state index contributed by atoms with van der Waals surface area (Å²) in [7, 11) is 0. The van der Waals surface area contributed by atoms with Crippen LogP contribution in [0.25, 0.3) is 0 Å². The summed E-state index contributed by atoms with van der Waals surface area (Å²) in [5, 5.41) is 2.74. The van der Waals surface area contributed by atoms with Crippen LogP contribution in [0.3, 0.4) is 0 Å². The summed E-state index contributed by atoms with van der Waals surface area (Å²) < 4.78 is 6.09. The summed E-state index contributed by atoms with van der Waals surface area (Å²) in [4.78, 5) is 17.1. The van der Waals surface area contributed by atoms with Crippen LogP contribution in [0.5, 0.6) is 5.75 Å². The zero-order valence-corrected chi connectivity index (χ0v) is 28.4. The molecule has 0 aromatic heterocycles. The number of amides is 1. The van der Waals surface area contributed by atoms with Gasteiger partial charge in [0, 0.05) is 24.9 Å². The second kappa shape index (κ2) is 21.1. The number of anilines is 1. The molecule has 1 aliphatic heterocycles. The number of thioether (sulfide) groups is 1. The Labute approximate surface area is 269 Å². The molecule has 7 heteroatoms. The van der Waals surface area contributed by atoms with Gasteiger partial charge in [-0.15, -0.1) is 28.7 Å². The summed E-state index contributed by atoms with van der Waals surface area (Å²) in [6.45, 7) is 6.18. The minimum Gasteiger partial charge on any atom is -0.492 e. The number of hydrogen-bond donors (Lipinski definition) is 0. The molecule has 0 spiro atoms. The lowest BCUT2D eigenvalue weighted by molar-refractivity contribution is -0.118. The van der Waals surface area contributed by atoms with Gasteiger partial charge < -0.3 is 14.5 Å². The molecule has 2 aromatic rings. The lowest BCUT2D eigenvalue weighted by Crippen LogP contribution is -2.29. The smallest absolute Gasteiger partial charge is 0.227 e. The van der Waals surface area contributed by atoms with Gasteiger partial charge in [0.1, 0.15) is 5.75 Å². The first kappa shape index (κ1) is 35.6. The minimum atomic E-state index is 0. The fraction of sp³-hybridized carbons (Fsp3) is 0.559. The summed E-state index contributed by atoms with van der Waals surface area (Å²) in [5.41, 5.74) is 3.13. The molecule has 0 aliphatic carbocycles. The summed E-state index contributed by atoms with van der Waals surface area (Å²) in [6, 6.07) is 14.2. The molecule has 1 amide bonds. The van der Waals surface area contributed by atoms with Crippen molar-refractivity contribution >= 4 is 51.9 Å². The van der Waals surface area contributed by atoms with Gasteiger partial charge in [0.25, 0.3) is 0 Å². The number of nitrogens with zero attached hydrogens (tertiary/aromatic N) is 2. The van der Waals surface area contributed by atoms with Crippen LogP contribution < -0.4 is 9.64 Å². The Kier molecular flexibility index (Phi) is 18.3. The largest absolute Gasteiger partial charge is 0.492 e. The van der Waals surface area contributed by atoms with E-state index in [0.29, 0.717) is 30.3 Å². The highest BCUT2D eigenvalue weighted by atomic mass is 79.9. The molecule has 1 heterocycles. The van der Waals surface area contributed by atoms with Crippen molar-refractivity contribution < 1.29 is 9.53 Å². The lowest BCUT2D eigenvalue weighted by Gasteiger charge is -2.24. The molecule has 0 bridgehead atoms. The number of unbranched alkanes of at least 4 members (excludes halogenated alkanes) is 11. The molecule has 1 aliphatic rings.